The van der Waals surface area contributed by atoms with Crippen LogP contribution in [0.15, 0.2) is 150 Å². The Kier molecular flexibility index (Phi) is 10.9. The van der Waals surface area contributed by atoms with E-state index in [0.717, 1.165) is 66.9 Å². The van der Waals surface area contributed by atoms with Crippen LogP contribution in [0.5, 0.6) is 0 Å². The molecule has 430 valence electrons. The molecule has 8 aromatic carbocycles. The van der Waals surface area contributed by atoms with Gasteiger partial charge in [-0.3, -0.25) is 0 Å². The van der Waals surface area contributed by atoms with E-state index in [4.69, 9.17) is 4.42 Å². The van der Waals surface area contributed by atoms with Gasteiger partial charge in [0.2, 0.25) is 0 Å². The number of hydrogen-bond donors (Lipinski definition) is 0. The van der Waals surface area contributed by atoms with Gasteiger partial charge in [0.25, 0.3) is 6.71 Å². The minimum absolute atomic E-state index is 0.000598. The number of rotatable bonds is 4. The molecule has 0 amide bonds. The molecule has 0 spiro atoms. The van der Waals surface area contributed by atoms with Crippen LogP contribution in [-0.4, -0.2) is 12.3 Å². The Hall–Kier alpha value is -6.98. The van der Waals surface area contributed by atoms with Gasteiger partial charge in [-0.15, -0.1) is 0 Å². The van der Waals surface area contributed by atoms with Crippen molar-refractivity contribution in [2.75, 3.05) is 14.7 Å². The average Bonchev–Trinajstić information content (AvgIpc) is 1.62. The Morgan fingerprint density at radius 3 is 1.52 bits per heavy atom. The zero-order valence-electron chi connectivity index (χ0n) is 53.3. The SMILES string of the molecule is CC1(C)CCC(C)(C)c2cc(N3c4cc5c(cc4B4c6cc7c(cc6N(c6cccc8oc9ccccc9c68)c6cc(N8c9ccc(-c%10ccccc%10)cc9C9(C)CCCCC89C)cc3c64)C(C)(C)CCC7(C)C)C(C)(C)CCC5(C)C)ccc21. The first-order chi connectivity index (χ1) is 40.3. The molecule has 1 saturated carbocycles. The van der Waals surface area contributed by atoms with E-state index in [0.29, 0.717) is 0 Å². The summed E-state index contributed by atoms with van der Waals surface area (Å²) in [6.45, 7) is 35.3. The summed E-state index contributed by atoms with van der Waals surface area (Å²) in [5, 5.41) is 2.31. The summed E-state index contributed by atoms with van der Waals surface area (Å²) in [5.41, 5.74) is 29.1. The molecule has 85 heavy (non-hydrogen) atoms. The molecule has 0 radical (unpaired) electrons. The van der Waals surface area contributed by atoms with Gasteiger partial charge in [-0.05, 0) is 224 Å². The summed E-state index contributed by atoms with van der Waals surface area (Å²) in [6.07, 6.45) is 11.6. The summed E-state index contributed by atoms with van der Waals surface area (Å²) in [4.78, 5) is 8.42. The highest BCUT2D eigenvalue weighted by Crippen LogP contribution is 2.63. The molecular formula is C80H86BN3O. The van der Waals surface area contributed by atoms with Crippen molar-refractivity contribution in [2.45, 2.75) is 205 Å². The van der Waals surface area contributed by atoms with E-state index in [1.54, 1.807) is 0 Å². The molecule has 0 N–H and O–H groups in total. The lowest BCUT2D eigenvalue weighted by Gasteiger charge is -2.52. The molecule has 4 nitrogen and oxygen atoms in total. The first-order valence-electron chi connectivity index (χ1n) is 32.5. The Morgan fingerprint density at radius 2 is 0.882 bits per heavy atom. The summed E-state index contributed by atoms with van der Waals surface area (Å²) in [7, 11) is 0. The molecule has 16 rings (SSSR count). The van der Waals surface area contributed by atoms with Gasteiger partial charge in [0.05, 0.1) is 16.6 Å². The van der Waals surface area contributed by atoms with Crippen LogP contribution in [0.1, 0.15) is 200 Å². The third-order valence-corrected chi connectivity index (χ3v) is 24.2. The Balaban J connectivity index is 1.08. The first-order valence-corrected chi connectivity index (χ1v) is 32.5. The average molecular weight is 1120 g/mol. The van der Waals surface area contributed by atoms with E-state index in [-0.39, 0.29) is 50.2 Å². The van der Waals surface area contributed by atoms with Crippen molar-refractivity contribution in [3.8, 4) is 11.1 Å². The highest BCUT2D eigenvalue weighted by atomic mass is 16.3. The van der Waals surface area contributed by atoms with Crippen molar-refractivity contribution in [3.63, 3.8) is 0 Å². The van der Waals surface area contributed by atoms with Gasteiger partial charge in [-0.2, -0.15) is 0 Å². The number of hydrogen-bond acceptors (Lipinski definition) is 4. The normalized spacial score (nSPS) is 23.7. The largest absolute Gasteiger partial charge is 0.456 e. The van der Waals surface area contributed by atoms with E-state index in [2.05, 4.69) is 257 Å². The van der Waals surface area contributed by atoms with Crippen LogP contribution in [-0.2, 0) is 37.9 Å². The Labute approximate surface area is 507 Å². The number of anilines is 8. The zero-order valence-corrected chi connectivity index (χ0v) is 53.3. The van der Waals surface area contributed by atoms with Crippen molar-refractivity contribution >= 4 is 90.5 Å². The lowest BCUT2D eigenvalue weighted by molar-refractivity contribution is 0.195. The van der Waals surface area contributed by atoms with E-state index in [1.807, 2.05) is 0 Å². The van der Waals surface area contributed by atoms with Crippen LogP contribution in [0.3, 0.4) is 0 Å². The maximum Gasteiger partial charge on any atom is 0.252 e. The molecule has 2 atom stereocenters. The van der Waals surface area contributed by atoms with E-state index >= 15 is 0 Å². The highest BCUT2D eigenvalue weighted by Gasteiger charge is 2.59. The summed E-state index contributed by atoms with van der Waals surface area (Å²) in [5.74, 6) is 0. The highest BCUT2D eigenvalue weighted by molar-refractivity contribution is 7.00. The van der Waals surface area contributed by atoms with E-state index in [9.17, 15) is 0 Å². The third-order valence-electron chi connectivity index (χ3n) is 24.2. The molecule has 4 aliphatic carbocycles. The Bertz CT molecular complexity index is 4340. The molecule has 3 aliphatic heterocycles. The van der Waals surface area contributed by atoms with Crippen molar-refractivity contribution in [3.05, 3.63) is 185 Å². The molecule has 1 fully saturated rings. The first kappa shape index (κ1) is 53.5. The number of nitrogens with zero attached hydrogens (tertiary/aromatic N) is 3. The second kappa shape index (κ2) is 17.4. The van der Waals surface area contributed by atoms with Crippen LogP contribution < -0.4 is 31.1 Å². The van der Waals surface area contributed by atoms with Crippen molar-refractivity contribution in [1.82, 2.24) is 0 Å². The fraction of sp³-hybridized carbons (Fsp3) is 0.400. The minimum Gasteiger partial charge on any atom is -0.456 e. The molecule has 5 heteroatoms. The van der Waals surface area contributed by atoms with Gasteiger partial charge in [0.15, 0.2) is 0 Å². The van der Waals surface area contributed by atoms with Crippen molar-refractivity contribution in [2.24, 2.45) is 0 Å². The fourth-order valence-corrected chi connectivity index (χ4v) is 18.4. The summed E-state index contributed by atoms with van der Waals surface area (Å²) >= 11 is 0. The topological polar surface area (TPSA) is 22.9 Å². The van der Waals surface area contributed by atoms with Gasteiger partial charge in [0.1, 0.15) is 11.2 Å². The maximum atomic E-state index is 6.90. The summed E-state index contributed by atoms with van der Waals surface area (Å²) in [6, 6.07) is 58.1. The van der Waals surface area contributed by atoms with Crippen LogP contribution in [0.4, 0.5) is 45.5 Å². The van der Waals surface area contributed by atoms with Crippen LogP contribution in [0, 0.1) is 0 Å². The smallest absolute Gasteiger partial charge is 0.252 e. The number of para-hydroxylation sites is 1. The molecule has 7 aliphatic rings. The predicted octanol–water partition coefficient (Wildman–Crippen LogP) is 20.1. The second-order valence-corrected chi connectivity index (χ2v) is 31.9. The third kappa shape index (κ3) is 7.34. The number of fused-ring (bicyclic) bond motifs is 13. The molecule has 2 unspecified atom stereocenters. The predicted molar refractivity (Wildman–Crippen MR) is 362 cm³/mol. The maximum absolute atomic E-state index is 6.90. The lowest BCUT2D eigenvalue weighted by atomic mass is 9.32. The van der Waals surface area contributed by atoms with Crippen molar-refractivity contribution in [1.29, 1.82) is 0 Å². The molecule has 4 heterocycles. The van der Waals surface area contributed by atoms with Crippen LogP contribution >= 0.6 is 0 Å². The quantitative estimate of drug-likeness (QED) is 0.164. The second-order valence-electron chi connectivity index (χ2n) is 31.9. The van der Waals surface area contributed by atoms with Gasteiger partial charge in [0, 0.05) is 50.6 Å². The Morgan fingerprint density at radius 1 is 0.353 bits per heavy atom. The van der Waals surface area contributed by atoms with E-state index < -0.39 is 0 Å². The van der Waals surface area contributed by atoms with Gasteiger partial charge >= 0.3 is 0 Å². The molecule has 0 bridgehead atoms. The van der Waals surface area contributed by atoms with Crippen molar-refractivity contribution < 1.29 is 4.42 Å². The number of benzene rings is 8. The van der Waals surface area contributed by atoms with E-state index in [1.165, 1.54) is 131 Å². The molecule has 9 aromatic rings. The zero-order chi connectivity index (χ0) is 58.9. The van der Waals surface area contributed by atoms with Crippen LogP contribution in [0.2, 0.25) is 0 Å². The molecular weight excluding hydrogens is 1030 g/mol. The van der Waals surface area contributed by atoms with Gasteiger partial charge < -0.3 is 19.1 Å². The standard InChI is InChI=1S/C80H86BN3O/c1-73(2)35-36-74(3,4)55-42-51(30-31-54(55)73)82-65-47-58-56(75(5,6)37-39-77(58,9)10)45-61(65)81-62-46-57-59(78(11,12)40-38-76(57,7)8)48-66(62)83(64-26-22-28-70-71(64)53-25-18-19-27-69(53)85-70)68-44-52(43-67(82)72(68)81)84-63-32-29-50(49-23-16-15-17-24-49)41-60(63)79(13)33-20-21-34-80(79,84)14/h15-19,22-32,41-48H,20-21,33-40H2,1-14H3. The summed E-state index contributed by atoms with van der Waals surface area (Å²) < 4.78 is 6.90. The van der Waals surface area contributed by atoms with Crippen LogP contribution in [0.25, 0.3) is 33.1 Å². The monoisotopic (exact) mass is 1120 g/mol. The fourth-order valence-electron chi connectivity index (χ4n) is 18.4. The van der Waals surface area contributed by atoms with Gasteiger partial charge in [-0.25, -0.2) is 0 Å². The molecule has 0 saturated heterocycles. The van der Waals surface area contributed by atoms with Gasteiger partial charge in [-0.1, -0.05) is 182 Å². The number of furan rings is 1. The minimum atomic E-state index is -0.205. The molecule has 1 aromatic heterocycles. The lowest BCUT2D eigenvalue weighted by Crippen LogP contribution is -2.62.